The smallest absolute Gasteiger partial charge is 0.0437 e. The minimum atomic E-state index is 0.844. The molecule has 0 heterocycles. The Kier molecular flexibility index (Phi) is 18.2. The van der Waals surface area contributed by atoms with Crippen molar-refractivity contribution in [3.8, 4) is 0 Å². The Morgan fingerprint density at radius 1 is 0.583 bits per heavy atom. The van der Waals surface area contributed by atoms with Gasteiger partial charge in [-0.2, -0.15) is 0 Å². The molecule has 0 unspecified atom stereocenters. The quantitative estimate of drug-likeness (QED) is 0.573. The summed E-state index contributed by atoms with van der Waals surface area (Å²) in [4.78, 5) is 0. The summed E-state index contributed by atoms with van der Waals surface area (Å²) in [6, 6.07) is 22.3. The molecule has 1 saturated carbocycles. The van der Waals surface area contributed by atoms with Crippen LogP contribution in [0.25, 0.3) is 0 Å². The first kappa shape index (κ1) is 22.4. The normalized spacial score (nSPS) is 12.3. The fourth-order valence-electron chi connectivity index (χ4n) is 2.18. The number of ether oxygens (including phenoxy) is 1. The molecule has 1 aliphatic carbocycles. The third kappa shape index (κ3) is 18.4. The van der Waals surface area contributed by atoms with Crippen LogP contribution in [0, 0.1) is 6.92 Å². The van der Waals surface area contributed by atoms with Gasteiger partial charge in [-0.05, 0) is 20.8 Å². The van der Waals surface area contributed by atoms with Crippen LogP contribution in [0.2, 0.25) is 0 Å². The molecule has 3 rings (SSSR count). The molecule has 134 valence electrons. The standard InChI is InChI=1S/C7H8.C6H12.C6H6.C4H10O/c1-7-5-3-2-4-6-7;2*1-2-4-6-5-3-1;1-3-5-4-2/h2-6H,1H3;1-6H2;1-6H;3-4H2,1-2H3. The molecule has 2 aromatic rings. The van der Waals surface area contributed by atoms with E-state index in [9.17, 15) is 0 Å². The summed E-state index contributed by atoms with van der Waals surface area (Å²) in [5.41, 5.74) is 1.32. The van der Waals surface area contributed by atoms with Crippen molar-refractivity contribution in [1.29, 1.82) is 0 Å². The molecule has 1 heteroatoms. The van der Waals surface area contributed by atoms with E-state index in [2.05, 4.69) is 19.1 Å². The molecular weight excluding hydrogens is 292 g/mol. The third-order valence-corrected chi connectivity index (χ3v) is 3.52. The summed E-state index contributed by atoms with van der Waals surface area (Å²) in [5, 5.41) is 0. The van der Waals surface area contributed by atoms with E-state index in [-0.39, 0.29) is 0 Å². The van der Waals surface area contributed by atoms with Crippen molar-refractivity contribution in [3.05, 3.63) is 72.3 Å². The van der Waals surface area contributed by atoms with E-state index in [1.807, 2.05) is 68.4 Å². The van der Waals surface area contributed by atoms with Gasteiger partial charge in [-0.15, -0.1) is 0 Å². The first-order chi connectivity index (χ1) is 11.8. The highest BCUT2D eigenvalue weighted by Crippen LogP contribution is 2.15. The van der Waals surface area contributed by atoms with E-state index in [1.54, 1.807) is 0 Å². The second kappa shape index (κ2) is 19.4. The van der Waals surface area contributed by atoms with E-state index in [1.165, 1.54) is 44.1 Å². The summed E-state index contributed by atoms with van der Waals surface area (Å²) in [5.74, 6) is 0. The zero-order valence-corrected chi connectivity index (χ0v) is 15.9. The Morgan fingerprint density at radius 3 is 1.04 bits per heavy atom. The maximum atomic E-state index is 4.83. The van der Waals surface area contributed by atoms with Gasteiger partial charge in [0.15, 0.2) is 0 Å². The maximum Gasteiger partial charge on any atom is 0.0437 e. The first-order valence-electron chi connectivity index (χ1n) is 9.40. The molecule has 0 aliphatic heterocycles. The predicted octanol–water partition coefficient (Wildman–Crippen LogP) is 7.07. The lowest BCUT2D eigenvalue weighted by molar-refractivity contribution is 0.162. The highest BCUT2D eigenvalue weighted by atomic mass is 16.5. The summed E-state index contributed by atoms with van der Waals surface area (Å²) < 4.78 is 4.83. The van der Waals surface area contributed by atoms with E-state index >= 15 is 0 Å². The lowest BCUT2D eigenvalue weighted by Gasteiger charge is -2.05. The number of benzene rings is 2. The van der Waals surface area contributed by atoms with Crippen molar-refractivity contribution < 1.29 is 4.74 Å². The van der Waals surface area contributed by atoms with Crippen LogP contribution in [0.15, 0.2) is 66.7 Å². The summed E-state index contributed by atoms with van der Waals surface area (Å²) in [6.45, 7) is 7.75. The van der Waals surface area contributed by atoms with Gasteiger partial charge in [0.05, 0.1) is 0 Å². The Hall–Kier alpha value is -1.60. The van der Waals surface area contributed by atoms with Crippen LogP contribution >= 0.6 is 0 Å². The first-order valence-corrected chi connectivity index (χ1v) is 9.40. The van der Waals surface area contributed by atoms with E-state index < -0.39 is 0 Å². The number of hydrogen-bond acceptors (Lipinski definition) is 1. The summed E-state index contributed by atoms with van der Waals surface area (Å²) >= 11 is 0. The molecule has 24 heavy (non-hydrogen) atoms. The minimum absolute atomic E-state index is 0.844. The Balaban J connectivity index is 0.000000296. The van der Waals surface area contributed by atoms with Gasteiger partial charge in [0, 0.05) is 13.2 Å². The molecule has 1 fully saturated rings. The minimum Gasteiger partial charge on any atom is -0.382 e. The van der Waals surface area contributed by atoms with Crippen LogP contribution < -0.4 is 0 Å². The average Bonchev–Trinajstić information content (AvgIpc) is 2.67. The van der Waals surface area contributed by atoms with E-state index in [4.69, 9.17) is 4.74 Å². The van der Waals surface area contributed by atoms with E-state index in [0.29, 0.717) is 0 Å². The van der Waals surface area contributed by atoms with E-state index in [0.717, 1.165) is 13.2 Å². The van der Waals surface area contributed by atoms with Gasteiger partial charge in [-0.1, -0.05) is 111 Å². The molecule has 0 atom stereocenters. The Morgan fingerprint density at radius 2 is 0.875 bits per heavy atom. The van der Waals surface area contributed by atoms with Crippen molar-refractivity contribution in [2.45, 2.75) is 59.3 Å². The van der Waals surface area contributed by atoms with Crippen molar-refractivity contribution in [1.82, 2.24) is 0 Å². The van der Waals surface area contributed by atoms with Gasteiger partial charge in [0.2, 0.25) is 0 Å². The molecule has 1 aliphatic rings. The largest absolute Gasteiger partial charge is 0.382 e. The second-order valence-electron chi connectivity index (χ2n) is 5.71. The second-order valence-corrected chi connectivity index (χ2v) is 5.71. The molecule has 0 bridgehead atoms. The van der Waals surface area contributed by atoms with Crippen molar-refractivity contribution in [2.75, 3.05) is 13.2 Å². The number of aryl methyl sites for hydroxylation is 1. The van der Waals surface area contributed by atoms with Crippen LogP contribution in [0.4, 0.5) is 0 Å². The zero-order chi connectivity index (χ0) is 17.7. The Bertz CT molecular complexity index is 380. The highest BCUT2D eigenvalue weighted by Gasteiger charge is 1.95. The molecular formula is C23H36O. The predicted molar refractivity (Wildman–Crippen MR) is 107 cm³/mol. The van der Waals surface area contributed by atoms with Gasteiger partial charge in [0.25, 0.3) is 0 Å². The van der Waals surface area contributed by atoms with Crippen molar-refractivity contribution >= 4 is 0 Å². The summed E-state index contributed by atoms with van der Waals surface area (Å²) in [6.07, 6.45) is 9.00. The van der Waals surface area contributed by atoms with Crippen LogP contribution in [-0.4, -0.2) is 13.2 Å². The molecule has 0 radical (unpaired) electrons. The molecule has 1 nitrogen and oxygen atoms in total. The number of hydrogen-bond donors (Lipinski definition) is 0. The van der Waals surface area contributed by atoms with Crippen LogP contribution in [-0.2, 0) is 4.74 Å². The Labute approximate surface area is 150 Å². The van der Waals surface area contributed by atoms with Gasteiger partial charge in [-0.25, -0.2) is 0 Å². The third-order valence-electron chi connectivity index (χ3n) is 3.52. The lowest BCUT2D eigenvalue weighted by atomic mass is 10.0. The van der Waals surface area contributed by atoms with Crippen molar-refractivity contribution in [2.24, 2.45) is 0 Å². The monoisotopic (exact) mass is 328 g/mol. The van der Waals surface area contributed by atoms with Crippen LogP contribution in [0.3, 0.4) is 0 Å². The van der Waals surface area contributed by atoms with Crippen LogP contribution in [0.1, 0.15) is 57.9 Å². The topological polar surface area (TPSA) is 9.23 Å². The molecule has 0 amide bonds. The SMILES string of the molecule is C1CCCCC1.CCOCC.Cc1ccccc1.c1ccccc1. The molecule has 0 spiro atoms. The van der Waals surface area contributed by atoms with Crippen LogP contribution in [0.5, 0.6) is 0 Å². The average molecular weight is 329 g/mol. The lowest BCUT2D eigenvalue weighted by Crippen LogP contribution is -1.85. The van der Waals surface area contributed by atoms with Gasteiger partial charge in [0.1, 0.15) is 0 Å². The van der Waals surface area contributed by atoms with Gasteiger partial charge < -0.3 is 4.74 Å². The molecule has 0 N–H and O–H groups in total. The fraction of sp³-hybridized carbons (Fsp3) is 0.478. The maximum absolute atomic E-state index is 4.83. The molecule has 2 aromatic carbocycles. The molecule has 0 aromatic heterocycles. The van der Waals surface area contributed by atoms with Gasteiger partial charge >= 0.3 is 0 Å². The van der Waals surface area contributed by atoms with Crippen molar-refractivity contribution in [3.63, 3.8) is 0 Å². The fourth-order valence-corrected chi connectivity index (χ4v) is 2.18. The van der Waals surface area contributed by atoms with Gasteiger partial charge in [-0.3, -0.25) is 0 Å². The highest BCUT2D eigenvalue weighted by molar-refractivity contribution is 5.11. The molecule has 0 saturated heterocycles. The number of rotatable bonds is 2. The zero-order valence-electron chi connectivity index (χ0n) is 15.9. The summed E-state index contributed by atoms with van der Waals surface area (Å²) in [7, 11) is 0.